The normalized spacial score (nSPS) is 18.4. The van der Waals surface area contributed by atoms with Gasteiger partial charge in [-0.3, -0.25) is 19.3 Å². The van der Waals surface area contributed by atoms with Crippen molar-refractivity contribution in [3.8, 4) is 17.2 Å². The molecule has 2 heterocycles. The maximum absolute atomic E-state index is 13.9. The lowest BCUT2D eigenvalue weighted by atomic mass is 10.1. The number of carbonyl (C=O) groups is 3. The summed E-state index contributed by atoms with van der Waals surface area (Å²) in [4.78, 5) is 35.5. The second-order valence-corrected chi connectivity index (χ2v) is 9.21. The second-order valence-electron chi connectivity index (χ2n) is 9.21. The largest absolute Gasteiger partial charge is 0.493 e. The van der Waals surface area contributed by atoms with Gasteiger partial charge in [0.2, 0.25) is 0 Å². The van der Waals surface area contributed by atoms with Crippen LogP contribution in [0.2, 0.25) is 0 Å². The summed E-state index contributed by atoms with van der Waals surface area (Å²) in [7, 11) is 3.60. The number of nitrogens with two attached hydrogens (primary N) is 1. The number of hydrogen-bond acceptors (Lipinski definition) is 8. The summed E-state index contributed by atoms with van der Waals surface area (Å²) in [6, 6.07) is 9.55. The molecule has 12 heteroatoms. The van der Waals surface area contributed by atoms with Crippen molar-refractivity contribution in [3.05, 3.63) is 53.3 Å². The van der Waals surface area contributed by atoms with Gasteiger partial charge in [-0.2, -0.15) is 0 Å². The molecule has 2 fully saturated rings. The van der Waals surface area contributed by atoms with Crippen LogP contribution >= 0.6 is 0 Å². The quantitative estimate of drug-likeness (QED) is 0.508. The summed E-state index contributed by atoms with van der Waals surface area (Å²) >= 11 is 0. The molecule has 2 aliphatic rings. The average Bonchev–Trinajstić information content (AvgIpc) is 3.11. The summed E-state index contributed by atoms with van der Waals surface area (Å²) in [6.45, 7) is 5.80. The molecule has 2 saturated heterocycles. The molecule has 11 nitrogen and oxygen atoms in total. The minimum atomic E-state index is -0.833. The highest BCUT2D eigenvalue weighted by Crippen LogP contribution is 2.34. The molecule has 0 saturated carbocycles. The smallest absolute Gasteiger partial charge is 0.300 e. The Morgan fingerprint density at radius 1 is 1.03 bits per heavy atom. The molecule has 2 bridgehead atoms. The van der Waals surface area contributed by atoms with E-state index in [2.05, 4.69) is 11.9 Å². The highest BCUT2D eigenvalue weighted by Gasteiger charge is 2.33. The lowest BCUT2D eigenvalue weighted by Crippen LogP contribution is -2.44. The molecule has 0 spiro atoms. The van der Waals surface area contributed by atoms with E-state index < -0.39 is 17.8 Å². The van der Waals surface area contributed by atoms with Gasteiger partial charge in [-0.25, -0.2) is 4.39 Å². The summed E-state index contributed by atoms with van der Waals surface area (Å²) < 4.78 is 30.9. The number of carboxylic acid groups (broad SMARTS) is 2. The predicted molar refractivity (Wildman–Crippen MR) is 141 cm³/mol. The van der Waals surface area contributed by atoms with Gasteiger partial charge in [0.25, 0.3) is 17.8 Å². The fourth-order valence-electron chi connectivity index (χ4n) is 4.21. The van der Waals surface area contributed by atoms with E-state index in [1.165, 1.54) is 19.2 Å². The number of amides is 1. The lowest BCUT2D eigenvalue weighted by Gasteiger charge is -2.30. The molecule has 4 N–H and O–H groups in total. The molecule has 0 aromatic heterocycles. The third-order valence-electron chi connectivity index (χ3n) is 5.84. The number of rotatable bonds is 5. The van der Waals surface area contributed by atoms with Crippen LogP contribution in [0.4, 0.5) is 4.39 Å². The lowest BCUT2D eigenvalue weighted by molar-refractivity contribution is -0.135. The molecule has 2 atom stereocenters. The van der Waals surface area contributed by atoms with Crippen molar-refractivity contribution in [2.45, 2.75) is 26.4 Å². The summed E-state index contributed by atoms with van der Waals surface area (Å²) in [5, 5.41) is 14.8. The molecule has 1 amide bonds. The number of ether oxygens (including phenoxy) is 3. The first-order valence-corrected chi connectivity index (χ1v) is 12.2. The monoisotopic (exact) mass is 549 g/mol. The van der Waals surface area contributed by atoms with Crippen LogP contribution in [0.3, 0.4) is 0 Å². The maximum atomic E-state index is 13.9. The van der Waals surface area contributed by atoms with Crippen molar-refractivity contribution in [3.63, 3.8) is 0 Å². The van der Waals surface area contributed by atoms with Crippen LogP contribution in [-0.4, -0.2) is 90.9 Å². The van der Waals surface area contributed by atoms with Gasteiger partial charge < -0.3 is 35.1 Å². The topological polar surface area (TPSA) is 152 Å². The molecule has 0 aliphatic carbocycles. The number of fused-ring (bicyclic) bond motifs is 3. The Morgan fingerprint density at radius 2 is 1.69 bits per heavy atom. The molecular formula is C27H36FN3O8. The number of benzene rings is 2. The van der Waals surface area contributed by atoms with Crippen molar-refractivity contribution in [1.29, 1.82) is 0 Å². The number of hydrogen-bond donors (Lipinski definition) is 3. The zero-order chi connectivity index (χ0) is 29.1. The Morgan fingerprint density at radius 3 is 2.31 bits per heavy atom. The number of carboxylic acids is 2. The fraction of sp³-hybridized carbons (Fsp3) is 0.444. The van der Waals surface area contributed by atoms with Crippen LogP contribution in [0.15, 0.2) is 36.4 Å². The molecule has 2 aliphatic heterocycles. The predicted octanol–water partition coefficient (Wildman–Crippen LogP) is 2.67. The molecular weight excluding hydrogens is 513 g/mol. The van der Waals surface area contributed by atoms with Crippen LogP contribution in [0.5, 0.6) is 17.2 Å². The molecule has 4 rings (SSSR count). The third kappa shape index (κ3) is 10.2. The Bertz CT molecular complexity index is 1130. The summed E-state index contributed by atoms with van der Waals surface area (Å²) in [5.74, 6) is -0.801. The number of likely N-dealkylation sites (N-methyl/N-ethyl adjacent to an activating group) is 1. The van der Waals surface area contributed by atoms with Gasteiger partial charge in [-0.05, 0) is 42.9 Å². The van der Waals surface area contributed by atoms with Crippen molar-refractivity contribution >= 4 is 17.8 Å². The molecule has 0 radical (unpaired) electrons. The van der Waals surface area contributed by atoms with Gasteiger partial charge in [0.1, 0.15) is 11.6 Å². The minimum absolute atomic E-state index is 0.0680. The van der Waals surface area contributed by atoms with Gasteiger partial charge in [-0.15, -0.1) is 0 Å². The van der Waals surface area contributed by atoms with E-state index >= 15 is 0 Å². The van der Waals surface area contributed by atoms with Gasteiger partial charge in [0.15, 0.2) is 11.5 Å². The number of nitrogens with zero attached hydrogens (tertiary/aromatic N) is 2. The van der Waals surface area contributed by atoms with Crippen LogP contribution in [0.25, 0.3) is 0 Å². The van der Waals surface area contributed by atoms with Crippen molar-refractivity contribution in [2.75, 3.05) is 47.0 Å². The highest BCUT2D eigenvalue weighted by molar-refractivity contribution is 5.95. The van der Waals surface area contributed by atoms with E-state index in [9.17, 15) is 9.18 Å². The summed E-state index contributed by atoms with van der Waals surface area (Å²) in [6.07, 6.45) is 0. The van der Waals surface area contributed by atoms with Gasteiger partial charge >= 0.3 is 0 Å². The summed E-state index contributed by atoms with van der Waals surface area (Å²) in [5.41, 5.74) is 6.74. The van der Waals surface area contributed by atoms with Gasteiger partial charge in [-0.1, -0.05) is 0 Å². The number of carbonyl (C=O) groups excluding carboxylic acids is 1. The second kappa shape index (κ2) is 15.0. The van der Waals surface area contributed by atoms with E-state index in [1.807, 2.05) is 4.90 Å². The SMILES string of the molecule is CC(=O)O.CC(=O)O.COc1ccc(C(=O)N2C[C@@H]3COC[C@H](C2)N(C)C3)cc1Oc1cc(F)cc(CN)c1. The zero-order valence-electron chi connectivity index (χ0n) is 22.6. The first-order valence-electron chi connectivity index (χ1n) is 12.2. The maximum Gasteiger partial charge on any atom is 0.300 e. The van der Waals surface area contributed by atoms with Crippen molar-refractivity contribution in [1.82, 2.24) is 9.80 Å². The first kappa shape index (κ1) is 31.5. The van der Waals surface area contributed by atoms with E-state index in [-0.39, 0.29) is 24.4 Å². The zero-order valence-corrected chi connectivity index (χ0v) is 22.6. The number of halogens is 1. The number of aliphatic carboxylic acids is 2. The van der Waals surface area contributed by atoms with Gasteiger partial charge in [0, 0.05) is 57.6 Å². The Balaban J connectivity index is 0.000000590. The van der Waals surface area contributed by atoms with Crippen LogP contribution in [0.1, 0.15) is 29.8 Å². The molecule has 2 aromatic carbocycles. The number of methoxy groups -OCH3 is 1. The Hall–Kier alpha value is -3.74. The Kier molecular flexibility index (Phi) is 12.1. The van der Waals surface area contributed by atoms with Crippen LogP contribution in [0, 0.1) is 11.7 Å². The van der Waals surface area contributed by atoms with Crippen LogP contribution in [-0.2, 0) is 20.9 Å². The van der Waals surface area contributed by atoms with E-state index in [1.54, 1.807) is 24.3 Å². The van der Waals surface area contributed by atoms with Crippen LogP contribution < -0.4 is 15.2 Å². The van der Waals surface area contributed by atoms with E-state index in [0.717, 1.165) is 20.4 Å². The minimum Gasteiger partial charge on any atom is -0.493 e. The molecule has 2 aromatic rings. The first-order chi connectivity index (χ1) is 18.4. The van der Waals surface area contributed by atoms with Crippen molar-refractivity contribution in [2.24, 2.45) is 11.7 Å². The van der Waals surface area contributed by atoms with Gasteiger partial charge in [0.05, 0.1) is 26.4 Å². The standard InChI is InChI=1S/C23H28FN3O4.2C2H4O2/c1-26-10-16-11-27(12-19(26)14-30-13-16)23(28)17-3-4-21(29-2)22(7-17)31-20-6-15(9-25)5-18(24)8-20;2*1-2(3)4/h3-8,16,19H,9-14,25H2,1-2H3;2*1H3,(H,3,4)/t16-,19+;;/m1../s1. The van der Waals surface area contributed by atoms with E-state index in [4.69, 9.17) is 39.7 Å². The Labute approximate surface area is 226 Å². The highest BCUT2D eigenvalue weighted by atomic mass is 19.1. The molecule has 39 heavy (non-hydrogen) atoms. The fourth-order valence-corrected chi connectivity index (χ4v) is 4.21. The molecule has 0 unspecified atom stereocenters. The molecule has 214 valence electrons. The van der Waals surface area contributed by atoms with E-state index in [0.29, 0.717) is 54.7 Å². The van der Waals surface area contributed by atoms with Crippen molar-refractivity contribution < 1.29 is 43.2 Å². The average molecular weight is 550 g/mol. The third-order valence-corrected chi connectivity index (χ3v) is 5.84.